The highest BCUT2D eigenvalue weighted by Crippen LogP contribution is 2.29. The van der Waals surface area contributed by atoms with Crippen molar-refractivity contribution in [2.75, 3.05) is 4.90 Å². The molecule has 2 N–H and O–H groups in total. The average molecular weight is 257 g/mol. The second-order valence-corrected chi connectivity index (χ2v) is 4.19. The van der Waals surface area contributed by atoms with Crippen LogP contribution in [0.25, 0.3) is 0 Å². The van der Waals surface area contributed by atoms with Crippen molar-refractivity contribution < 1.29 is 9.59 Å². The molecule has 0 aliphatic carbocycles. The van der Waals surface area contributed by atoms with Crippen LogP contribution < -0.4 is 10.6 Å². The first-order valence-corrected chi connectivity index (χ1v) is 5.69. The van der Waals surface area contributed by atoms with Crippen LogP contribution in [-0.4, -0.2) is 26.6 Å². The van der Waals surface area contributed by atoms with E-state index in [1.165, 1.54) is 23.1 Å². The molecule has 0 fully saturated rings. The van der Waals surface area contributed by atoms with Crippen molar-refractivity contribution in [3.63, 3.8) is 0 Å². The van der Waals surface area contributed by atoms with Crippen LogP contribution in [0.2, 0.25) is 0 Å². The van der Waals surface area contributed by atoms with Crippen molar-refractivity contribution in [2.45, 2.75) is 6.54 Å². The lowest BCUT2D eigenvalue weighted by molar-refractivity contribution is 0.0923. The number of aryl methyl sites for hydroxylation is 1. The molecule has 7 nitrogen and oxygen atoms in total. The van der Waals surface area contributed by atoms with Gasteiger partial charge in [0.2, 0.25) is 0 Å². The van der Waals surface area contributed by atoms with E-state index in [-0.39, 0.29) is 12.5 Å². The number of hydrogen-bond donors (Lipinski definition) is 1. The number of nitrogens with two attached hydrogens (primary N) is 1. The molecule has 0 saturated carbocycles. The fourth-order valence-electron chi connectivity index (χ4n) is 2.19. The van der Waals surface area contributed by atoms with Crippen LogP contribution in [0.1, 0.15) is 26.3 Å². The summed E-state index contributed by atoms with van der Waals surface area (Å²) in [6, 6.07) is 1.54. The molecule has 0 spiro atoms. The maximum absolute atomic E-state index is 12.3. The SMILES string of the molecule is Cn1ncc(CN)c1N1C(=O)c2ccncc2C1=O. The Hall–Kier alpha value is -2.54. The van der Waals surface area contributed by atoms with Crippen molar-refractivity contribution in [1.82, 2.24) is 14.8 Å². The Labute approximate surface area is 108 Å². The molecule has 1 aliphatic heterocycles. The highest BCUT2D eigenvalue weighted by atomic mass is 16.2. The minimum absolute atomic E-state index is 0.203. The van der Waals surface area contributed by atoms with Gasteiger partial charge in [-0.05, 0) is 6.07 Å². The predicted octanol–water partition coefficient (Wildman–Crippen LogP) is 0.0744. The normalized spacial score (nSPS) is 14.1. The third-order valence-corrected chi connectivity index (χ3v) is 3.10. The van der Waals surface area contributed by atoms with Gasteiger partial charge in [0, 0.05) is 31.5 Å². The number of aromatic nitrogens is 3. The van der Waals surface area contributed by atoms with Gasteiger partial charge in [-0.15, -0.1) is 0 Å². The van der Waals surface area contributed by atoms with Crippen LogP contribution in [0.5, 0.6) is 0 Å². The van der Waals surface area contributed by atoms with E-state index in [2.05, 4.69) is 10.1 Å². The van der Waals surface area contributed by atoms with Crippen molar-refractivity contribution in [3.8, 4) is 0 Å². The summed E-state index contributed by atoms with van der Waals surface area (Å²) < 4.78 is 1.47. The van der Waals surface area contributed by atoms with E-state index >= 15 is 0 Å². The van der Waals surface area contributed by atoms with E-state index < -0.39 is 5.91 Å². The lowest BCUT2D eigenvalue weighted by atomic mass is 10.2. The zero-order valence-corrected chi connectivity index (χ0v) is 10.2. The van der Waals surface area contributed by atoms with E-state index in [1.807, 2.05) is 0 Å². The fraction of sp³-hybridized carbons (Fsp3) is 0.167. The summed E-state index contributed by atoms with van der Waals surface area (Å²) >= 11 is 0. The summed E-state index contributed by atoms with van der Waals surface area (Å²) in [7, 11) is 1.66. The number of carbonyl (C=O) groups is 2. The molecule has 0 atom stereocenters. The number of hydrogen-bond acceptors (Lipinski definition) is 5. The maximum Gasteiger partial charge on any atom is 0.268 e. The number of amides is 2. The molecule has 3 heterocycles. The zero-order chi connectivity index (χ0) is 13.6. The van der Waals surface area contributed by atoms with Gasteiger partial charge >= 0.3 is 0 Å². The van der Waals surface area contributed by atoms with Crippen molar-refractivity contribution in [1.29, 1.82) is 0 Å². The number of carbonyl (C=O) groups excluding carboxylic acids is 2. The third-order valence-electron chi connectivity index (χ3n) is 3.10. The first-order chi connectivity index (χ1) is 9.15. The Kier molecular flexibility index (Phi) is 2.42. The molecule has 0 radical (unpaired) electrons. The van der Waals surface area contributed by atoms with Gasteiger partial charge in [-0.25, -0.2) is 4.90 Å². The van der Waals surface area contributed by atoms with Gasteiger partial charge in [0.15, 0.2) is 0 Å². The number of imide groups is 1. The second kappa shape index (κ2) is 3.99. The number of fused-ring (bicyclic) bond motifs is 1. The largest absolute Gasteiger partial charge is 0.326 e. The summed E-state index contributed by atoms with van der Waals surface area (Å²) in [4.78, 5) is 29.6. The molecule has 2 aromatic heterocycles. The summed E-state index contributed by atoms with van der Waals surface area (Å²) in [6.45, 7) is 0.203. The number of rotatable bonds is 2. The average Bonchev–Trinajstić information content (AvgIpc) is 2.90. The molecule has 7 heteroatoms. The Morgan fingerprint density at radius 3 is 2.63 bits per heavy atom. The van der Waals surface area contributed by atoms with Gasteiger partial charge in [-0.3, -0.25) is 19.3 Å². The molecule has 3 rings (SSSR count). The van der Waals surface area contributed by atoms with E-state index in [1.54, 1.807) is 13.2 Å². The van der Waals surface area contributed by atoms with Gasteiger partial charge < -0.3 is 5.73 Å². The quantitative estimate of drug-likeness (QED) is 0.768. The summed E-state index contributed by atoms with van der Waals surface area (Å²) in [5, 5.41) is 4.04. The van der Waals surface area contributed by atoms with Crippen LogP contribution in [0, 0.1) is 0 Å². The Morgan fingerprint density at radius 1 is 1.21 bits per heavy atom. The van der Waals surface area contributed by atoms with Gasteiger partial charge in [0.05, 0.1) is 17.3 Å². The highest BCUT2D eigenvalue weighted by Gasteiger charge is 2.39. The van der Waals surface area contributed by atoms with Gasteiger partial charge in [0.1, 0.15) is 5.82 Å². The monoisotopic (exact) mass is 257 g/mol. The van der Waals surface area contributed by atoms with Crippen molar-refractivity contribution in [3.05, 3.63) is 41.3 Å². The Balaban J connectivity index is 2.17. The number of pyridine rings is 1. The first kappa shape index (κ1) is 11.5. The molecule has 19 heavy (non-hydrogen) atoms. The predicted molar refractivity (Wildman–Crippen MR) is 66.5 cm³/mol. The molecule has 0 unspecified atom stereocenters. The molecule has 0 saturated heterocycles. The topological polar surface area (TPSA) is 94.1 Å². The van der Waals surface area contributed by atoms with Crippen LogP contribution in [0.4, 0.5) is 5.82 Å². The minimum Gasteiger partial charge on any atom is -0.326 e. The van der Waals surface area contributed by atoms with Gasteiger partial charge in [-0.1, -0.05) is 0 Å². The molecule has 2 amide bonds. The van der Waals surface area contributed by atoms with E-state index in [0.29, 0.717) is 22.5 Å². The van der Waals surface area contributed by atoms with Crippen LogP contribution in [0.3, 0.4) is 0 Å². The van der Waals surface area contributed by atoms with Gasteiger partial charge in [-0.2, -0.15) is 5.10 Å². The molecule has 0 bridgehead atoms. The molecular formula is C12H11N5O2. The molecular weight excluding hydrogens is 246 g/mol. The molecule has 96 valence electrons. The summed E-state index contributed by atoms with van der Waals surface area (Å²) in [5.74, 6) is -0.360. The molecule has 1 aliphatic rings. The van der Waals surface area contributed by atoms with Crippen LogP contribution >= 0.6 is 0 Å². The summed E-state index contributed by atoms with van der Waals surface area (Å²) in [6.07, 6.45) is 4.44. The smallest absolute Gasteiger partial charge is 0.268 e. The summed E-state index contributed by atoms with van der Waals surface area (Å²) in [5.41, 5.74) is 6.91. The third kappa shape index (κ3) is 1.48. The standard InChI is InChI=1S/C12H11N5O2/c1-16-10(7(4-13)5-15-16)17-11(18)8-2-3-14-6-9(8)12(17)19/h2-3,5-6H,4,13H2,1H3. The zero-order valence-electron chi connectivity index (χ0n) is 10.2. The minimum atomic E-state index is -0.397. The first-order valence-electron chi connectivity index (χ1n) is 5.69. The molecule has 2 aromatic rings. The highest BCUT2D eigenvalue weighted by molar-refractivity contribution is 6.34. The van der Waals surface area contributed by atoms with E-state index in [4.69, 9.17) is 5.73 Å². The fourth-order valence-corrected chi connectivity index (χ4v) is 2.19. The van der Waals surface area contributed by atoms with E-state index in [9.17, 15) is 9.59 Å². The van der Waals surface area contributed by atoms with Crippen molar-refractivity contribution >= 4 is 17.6 Å². The lowest BCUT2D eigenvalue weighted by Crippen LogP contribution is -2.32. The number of anilines is 1. The maximum atomic E-state index is 12.3. The van der Waals surface area contributed by atoms with Crippen LogP contribution in [-0.2, 0) is 13.6 Å². The Morgan fingerprint density at radius 2 is 1.95 bits per heavy atom. The lowest BCUT2D eigenvalue weighted by Gasteiger charge is -2.15. The second-order valence-electron chi connectivity index (χ2n) is 4.19. The van der Waals surface area contributed by atoms with Gasteiger partial charge in [0.25, 0.3) is 11.8 Å². The van der Waals surface area contributed by atoms with E-state index in [0.717, 1.165) is 4.90 Å². The van der Waals surface area contributed by atoms with Crippen LogP contribution in [0.15, 0.2) is 24.7 Å². The molecule has 0 aromatic carbocycles. The Bertz CT molecular complexity index is 656. The number of nitrogens with zero attached hydrogens (tertiary/aromatic N) is 4. The van der Waals surface area contributed by atoms with Crippen molar-refractivity contribution in [2.24, 2.45) is 12.8 Å².